The maximum Gasteiger partial charge on any atom is 0.222 e. The minimum Gasteiger partial charge on any atom is -0.342 e. The summed E-state index contributed by atoms with van der Waals surface area (Å²) in [6, 6.07) is 1.23. The molecule has 3 saturated carbocycles. The van der Waals surface area contributed by atoms with E-state index in [-0.39, 0.29) is 0 Å². The number of likely N-dealkylation sites (tertiary alicyclic amines) is 1. The lowest BCUT2D eigenvalue weighted by Gasteiger charge is -2.61. The van der Waals surface area contributed by atoms with Gasteiger partial charge >= 0.3 is 0 Å². The molecule has 0 radical (unpaired) electrons. The molecule has 1 heterocycles. The Hall–Kier alpha value is -0.570. The lowest BCUT2D eigenvalue weighted by atomic mass is 9.47. The summed E-state index contributed by atoms with van der Waals surface area (Å²) in [5.41, 5.74) is 0.859. The fraction of sp³-hybridized carbons (Fsp3) is 0.964. The van der Waals surface area contributed by atoms with Gasteiger partial charge < -0.3 is 10.2 Å². The number of unbranched alkanes of at least 4 members (excludes halogenated alkanes) is 6. The molecule has 1 amide bonds. The number of nitrogens with zero attached hydrogens (tertiary/aromatic N) is 1. The number of fused-ring (bicyclic) bond motifs is 5. The fourth-order valence-corrected chi connectivity index (χ4v) is 8.84. The number of nitrogens with one attached hydrogen (secondary N) is 1. The molecule has 31 heavy (non-hydrogen) atoms. The van der Waals surface area contributed by atoms with Crippen molar-refractivity contribution < 1.29 is 4.79 Å². The maximum absolute atomic E-state index is 12.4. The van der Waals surface area contributed by atoms with Crippen LogP contribution in [0, 0.1) is 28.6 Å². The van der Waals surface area contributed by atoms with E-state index in [9.17, 15) is 4.79 Å². The van der Waals surface area contributed by atoms with Crippen LogP contribution in [0.2, 0.25) is 0 Å². The van der Waals surface area contributed by atoms with E-state index in [4.69, 9.17) is 0 Å². The zero-order valence-electron chi connectivity index (χ0n) is 21.1. The van der Waals surface area contributed by atoms with Gasteiger partial charge in [0, 0.05) is 25.6 Å². The van der Waals surface area contributed by atoms with Crippen molar-refractivity contribution in [3.8, 4) is 0 Å². The lowest BCUT2D eigenvalue weighted by Crippen LogP contribution is -2.61. The van der Waals surface area contributed by atoms with Gasteiger partial charge in [-0.25, -0.2) is 0 Å². The summed E-state index contributed by atoms with van der Waals surface area (Å²) in [4.78, 5) is 14.5. The van der Waals surface area contributed by atoms with Crippen LogP contribution in [0.3, 0.4) is 0 Å². The van der Waals surface area contributed by atoms with Crippen LogP contribution in [0.1, 0.15) is 117 Å². The summed E-state index contributed by atoms with van der Waals surface area (Å²) in [6.45, 7) is 8.70. The quantitative estimate of drug-likeness (QED) is 0.420. The molecule has 3 nitrogen and oxygen atoms in total. The van der Waals surface area contributed by atoms with Gasteiger partial charge in [0.05, 0.1) is 0 Å². The Kier molecular flexibility index (Phi) is 7.41. The van der Waals surface area contributed by atoms with Crippen LogP contribution in [0.15, 0.2) is 0 Å². The second-order valence-electron chi connectivity index (χ2n) is 12.2. The molecule has 4 rings (SSSR count). The smallest absolute Gasteiger partial charge is 0.222 e. The van der Waals surface area contributed by atoms with Gasteiger partial charge in [0.2, 0.25) is 5.91 Å². The number of carbonyl (C=O) groups excluding carboxylic acids is 1. The van der Waals surface area contributed by atoms with Crippen LogP contribution >= 0.6 is 0 Å². The van der Waals surface area contributed by atoms with Crippen molar-refractivity contribution in [3.63, 3.8) is 0 Å². The average Bonchev–Trinajstić information content (AvgIpc) is 3.09. The van der Waals surface area contributed by atoms with Gasteiger partial charge in [-0.1, -0.05) is 59.3 Å². The number of hydrogen-bond donors (Lipinski definition) is 1. The summed E-state index contributed by atoms with van der Waals surface area (Å²) in [5.74, 6) is 3.02. The zero-order chi connectivity index (χ0) is 22.1. The molecular formula is C28H50N2O. The summed E-state index contributed by atoms with van der Waals surface area (Å²) in [7, 11) is 2.08. The first-order valence-electron chi connectivity index (χ1n) is 13.9. The molecule has 0 bridgehead atoms. The fourth-order valence-electron chi connectivity index (χ4n) is 8.84. The number of carbonyl (C=O) groups is 1. The van der Waals surface area contributed by atoms with E-state index in [1.807, 2.05) is 0 Å². The average molecular weight is 431 g/mol. The Morgan fingerprint density at radius 3 is 2.35 bits per heavy atom. The van der Waals surface area contributed by atoms with Crippen LogP contribution < -0.4 is 5.32 Å². The number of rotatable bonds is 9. The van der Waals surface area contributed by atoms with Crippen LogP contribution in [0.25, 0.3) is 0 Å². The molecule has 3 heteroatoms. The van der Waals surface area contributed by atoms with Crippen LogP contribution in [0.5, 0.6) is 0 Å². The highest BCUT2D eigenvalue weighted by Gasteiger charge is 2.60. The Labute approximate surface area is 192 Å². The van der Waals surface area contributed by atoms with Gasteiger partial charge in [0.25, 0.3) is 0 Å². The first kappa shape index (κ1) is 23.6. The Bertz CT molecular complexity index is 620. The molecule has 4 aliphatic rings. The summed E-state index contributed by atoms with van der Waals surface area (Å²) in [5, 5.41) is 4.04. The van der Waals surface area contributed by atoms with Crippen molar-refractivity contribution in [2.45, 2.75) is 129 Å². The predicted molar refractivity (Wildman–Crippen MR) is 130 cm³/mol. The third kappa shape index (κ3) is 4.34. The predicted octanol–water partition coefficient (Wildman–Crippen LogP) is 6.56. The normalized spacial score (nSPS) is 42.3. The van der Waals surface area contributed by atoms with Crippen LogP contribution in [-0.2, 0) is 4.79 Å². The van der Waals surface area contributed by atoms with E-state index < -0.39 is 0 Å². The van der Waals surface area contributed by atoms with Crippen molar-refractivity contribution in [1.29, 1.82) is 0 Å². The van der Waals surface area contributed by atoms with Gasteiger partial charge in [-0.15, -0.1) is 0 Å². The minimum absolute atomic E-state index is 0.357. The van der Waals surface area contributed by atoms with Crippen molar-refractivity contribution >= 4 is 5.91 Å². The van der Waals surface area contributed by atoms with E-state index in [1.165, 1.54) is 90.0 Å². The second kappa shape index (κ2) is 9.74. The first-order chi connectivity index (χ1) is 14.9. The topological polar surface area (TPSA) is 32.3 Å². The molecule has 7 atom stereocenters. The molecule has 0 aromatic rings. The van der Waals surface area contributed by atoms with Crippen molar-refractivity contribution in [1.82, 2.24) is 10.2 Å². The molecule has 4 fully saturated rings. The molecule has 1 N–H and O–H groups in total. The molecule has 0 aromatic heterocycles. The largest absolute Gasteiger partial charge is 0.342 e. The Balaban J connectivity index is 1.31. The van der Waals surface area contributed by atoms with E-state index in [0.29, 0.717) is 22.8 Å². The molecular weight excluding hydrogens is 380 g/mol. The van der Waals surface area contributed by atoms with Crippen LogP contribution in [0.4, 0.5) is 0 Å². The van der Waals surface area contributed by atoms with Gasteiger partial charge in [-0.2, -0.15) is 0 Å². The van der Waals surface area contributed by atoms with E-state index >= 15 is 0 Å². The molecule has 1 aliphatic heterocycles. The monoisotopic (exact) mass is 430 g/mol. The van der Waals surface area contributed by atoms with Crippen molar-refractivity contribution in [2.75, 3.05) is 13.6 Å². The molecule has 0 spiro atoms. The van der Waals surface area contributed by atoms with Gasteiger partial charge in [0.15, 0.2) is 0 Å². The SMILES string of the molecule is CCCCCCCCCN[C@H]1CC[C@H]2[C@@H]3CC[C@H]4N(C)C(=O)CC[C@]4(C)[C@H]3CC[C@]12C. The molecule has 3 aliphatic carbocycles. The highest BCUT2D eigenvalue weighted by molar-refractivity contribution is 5.77. The second-order valence-corrected chi connectivity index (χ2v) is 12.2. The lowest BCUT2D eigenvalue weighted by molar-refractivity contribution is -0.157. The Morgan fingerprint density at radius 1 is 0.871 bits per heavy atom. The Morgan fingerprint density at radius 2 is 1.58 bits per heavy atom. The van der Waals surface area contributed by atoms with Gasteiger partial charge in [-0.3, -0.25) is 4.79 Å². The van der Waals surface area contributed by atoms with Crippen molar-refractivity contribution in [2.24, 2.45) is 28.6 Å². The summed E-state index contributed by atoms with van der Waals surface area (Å²) < 4.78 is 0. The van der Waals surface area contributed by atoms with Gasteiger partial charge in [-0.05, 0) is 86.5 Å². The van der Waals surface area contributed by atoms with E-state index in [0.717, 1.165) is 36.6 Å². The molecule has 178 valence electrons. The molecule has 0 aromatic carbocycles. The standard InChI is InChI=1S/C28H50N2O/c1-5-6-7-8-9-10-11-20-29-24-14-13-22-21-12-15-25-28(3,19-17-26(31)30(25)4)23(21)16-18-27(22,24)2/h21-25,29H,5-20H2,1-4H3/t21-,22-,23-,24-,25+,27-,28+/m0/s1. The van der Waals surface area contributed by atoms with E-state index in [1.54, 1.807) is 0 Å². The van der Waals surface area contributed by atoms with E-state index in [2.05, 4.69) is 38.0 Å². The summed E-state index contributed by atoms with van der Waals surface area (Å²) >= 11 is 0. The highest BCUT2D eigenvalue weighted by Crippen LogP contribution is 2.64. The number of amides is 1. The van der Waals surface area contributed by atoms with Gasteiger partial charge in [0.1, 0.15) is 0 Å². The van der Waals surface area contributed by atoms with Crippen molar-refractivity contribution in [3.05, 3.63) is 0 Å². The summed E-state index contributed by atoms with van der Waals surface area (Å²) in [6.07, 6.45) is 19.9. The third-order valence-corrected chi connectivity index (χ3v) is 10.7. The molecule has 0 unspecified atom stereocenters. The third-order valence-electron chi connectivity index (χ3n) is 10.7. The number of piperidine rings is 1. The maximum atomic E-state index is 12.4. The molecule has 1 saturated heterocycles. The zero-order valence-corrected chi connectivity index (χ0v) is 21.1. The number of hydrogen-bond acceptors (Lipinski definition) is 2. The first-order valence-corrected chi connectivity index (χ1v) is 13.9. The van der Waals surface area contributed by atoms with Crippen LogP contribution in [-0.4, -0.2) is 36.5 Å². The highest BCUT2D eigenvalue weighted by atomic mass is 16.2. The minimum atomic E-state index is 0.357.